The first-order chi connectivity index (χ1) is 9.46. The third-order valence-electron chi connectivity index (χ3n) is 3.84. The molecule has 0 bridgehead atoms. The fourth-order valence-electron chi connectivity index (χ4n) is 2.58. The van der Waals surface area contributed by atoms with Gasteiger partial charge in [0.05, 0.1) is 0 Å². The molecule has 0 aliphatic carbocycles. The molecule has 0 spiro atoms. The molecule has 1 atom stereocenters. The van der Waals surface area contributed by atoms with Crippen molar-refractivity contribution in [2.24, 2.45) is 0 Å². The van der Waals surface area contributed by atoms with Gasteiger partial charge >= 0.3 is 5.97 Å². The summed E-state index contributed by atoms with van der Waals surface area (Å²) in [5, 5.41) is 14.0. The van der Waals surface area contributed by atoms with Gasteiger partial charge in [0.2, 0.25) is 0 Å². The Kier molecular flexibility index (Phi) is 4.91. The second-order valence-corrected chi connectivity index (χ2v) is 5.94. The second kappa shape index (κ2) is 6.31. The molecular formula is C14H18Cl2N2O2. The Labute approximate surface area is 128 Å². The summed E-state index contributed by atoms with van der Waals surface area (Å²) in [6.07, 6.45) is 0.904. The summed E-state index contributed by atoms with van der Waals surface area (Å²) >= 11 is 12.2. The van der Waals surface area contributed by atoms with Crippen LogP contribution in [0.1, 0.15) is 18.9 Å². The van der Waals surface area contributed by atoms with Crippen molar-refractivity contribution in [3.63, 3.8) is 0 Å². The van der Waals surface area contributed by atoms with Crippen LogP contribution in [0.2, 0.25) is 10.0 Å². The molecule has 1 aromatic rings. The van der Waals surface area contributed by atoms with E-state index < -0.39 is 11.5 Å². The summed E-state index contributed by atoms with van der Waals surface area (Å²) in [4.78, 5) is 13.9. The average molecular weight is 317 g/mol. The molecule has 0 radical (unpaired) electrons. The number of nitrogens with zero attached hydrogens (tertiary/aromatic N) is 1. The summed E-state index contributed by atoms with van der Waals surface area (Å²) in [5.41, 5.74) is -0.630. The summed E-state index contributed by atoms with van der Waals surface area (Å²) in [7, 11) is 0. The highest BCUT2D eigenvalue weighted by Gasteiger charge is 2.42. The van der Waals surface area contributed by atoms with Crippen LogP contribution in [-0.2, 0) is 10.3 Å². The first-order valence-electron chi connectivity index (χ1n) is 6.61. The van der Waals surface area contributed by atoms with E-state index in [4.69, 9.17) is 23.2 Å². The minimum Gasteiger partial charge on any atom is -0.480 e. The van der Waals surface area contributed by atoms with Gasteiger partial charge in [0, 0.05) is 35.2 Å². The van der Waals surface area contributed by atoms with Crippen molar-refractivity contribution in [1.29, 1.82) is 0 Å². The van der Waals surface area contributed by atoms with Gasteiger partial charge in [-0.1, -0.05) is 23.2 Å². The number of rotatable bonds is 3. The van der Waals surface area contributed by atoms with Crippen LogP contribution in [0.25, 0.3) is 0 Å². The van der Waals surface area contributed by atoms with Crippen LogP contribution in [0.4, 0.5) is 0 Å². The van der Waals surface area contributed by atoms with Crippen molar-refractivity contribution < 1.29 is 9.90 Å². The van der Waals surface area contributed by atoms with Gasteiger partial charge in [0.1, 0.15) is 5.54 Å². The summed E-state index contributed by atoms with van der Waals surface area (Å²) in [6.45, 7) is 4.72. The molecule has 0 aromatic heterocycles. The highest BCUT2D eigenvalue weighted by molar-refractivity contribution is 6.33. The molecule has 0 amide bonds. The van der Waals surface area contributed by atoms with Crippen molar-refractivity contribution >= 4 is 29.2 Å². The minimum atomic E-state index is -1.17. The number of carboxylic acid groups (broad SMARTS) is 1. The SMILES string of the molecule is CC(C(=O)O)(c1cc(Cl)ccc1Cl)N1CCCNCC1. The Bertz CT molecular complexity index is 502. The molecule has 1 aromatic carbocycles. The van der Waals surface area contributed by atoms with Crippen LogP contribution in [0.15, 0.2) is 18.2 Å². The van der Waals surface area contributed by atoms with Gasteiger partial charge in [-0.15, -0.1) is 0 Å². The maximum atomic E-state index is 11.9. The van der Waals surface area contributed by atoms with E-state index in [1.54, 1.807) is 25.1 Å². The number of nitrogens with one attached hydrogen (secondary N) is 1. The van der Waals surface area contributed by atoms with Crippen molar-refractivity contribution in [2.75, 3.05) is 26.2 Å². The smallest absolute Gasteiger partial charge is 0.328 e. The molecule has 2 rings (SSSR count). The zero-order chi connectivity index (χ0) is 14.8. The lowest BCUT2D eigenvalue weighted by Crippen LogP contribution is -2.51. The Morgan fingerprint density at radius 2 is 2.10 bits per heavy atom. The van der Waals surface area contributed by atoms with Gasteiger partial charge < -0.3 is 10.4 Å². The number of carbonyl (C=O) groups is 1. The predicted octanol–water partition coefficient (Wildman–Crippen LogP) is 2.59. The Morgan fingerprint density at radius 1 is 1.35 bits per heavy atom. The molecule has 1 unspecified atom stereocenters. The molecular weight excluding hydrogens is 299 g/mol. The molecule has 2 N–H and O–H groups in total. The molecule has 1 fully saturated rings. The van der Waals surface area contributed by atoms with Crippen molar-refractivity contribution in [1.82, 2.24) is 10.2 Å². The van der Waals surface area contributed by atoms with E-state index >= 15 is 0 Å². The first kappa shape index (κ1) is 15.6. The molecule has 0 saturated carbocycles. The molecule has 1 aliphatic rings. The quantitative estimate of drug-likeness (QED) is 0.900. The molecule has 6 heteroatoms. The molecule has 110 valence electrons. The van der Waals surface area contributed by atoms with E-state index in [-0.39, 0.29) is 0 Å². The van der Waals surface area contributed by atoms with Crippen LogP contribution in [0.5, 0.6) is 0 Å². The van der Waals surface area contributed by atoms with Gasteiger partial charge in [-0.2, -0.15) is 0 Å². The summed E-state index contributed by atoms with van der Waals surface area (Å²) in [6, 6.07) is 4.96. The minimum absolute atomic E-state index is 0.427. The van der Waals surface area contributed by atoms with E-state index in [0.717, 1.165) is 19.5 Å². The topological polar surface area (TPSA) is 52.6 Å². The fraction of sp³-hybridized carbons (Fsp3) is 0.500. The van der Waals surface area contributed by atoms with Crippen molar-refractivity contribution in [2.45, 2.75) is 18.9 Å². The Morgan fingerprint density at radius 3 is 2.80 bits per heavy atom. The van der Waals surface area contributed by atoms with Gasteiger partial charge in [-0.3, -0.25) is 4.90 Å². The van der Waals surface area contributed by atoms with Gasteiger partial charge in [0.15, 0.2) is 0 Å². The van der Waals surface area contributed by atoms with E-state index in [1.807, 2.05) is 4.90 Å². The third kappa shape index (κ3) is 2.93. The number of halogens is 2. The van der Waals surface area contributed by atoms with E-state index in [9.17, 15) is 9.90 Å². The highest BCUT2D eigenvalue weighted by atomic mass is 35.5. The fourth-order valence-corrected chi connectivity index (χ4v) is 3.06. The van der Waals surface area contributed by atoms with Crippen LogP contribution < -0.4 is 5.32 Å². The van der Waals surface area contributed by atoms with E-state index in [0.29, 0.717) is 28.7 Å². The zero-order valence-electron chi connectivity index (χ0n) is 11.3. The second-order valence-electron chi connectivity index (χ2n) is 5.09. The predicted molar refractivity (Wildman–Crippen MR) is 80.5 cm³/mol. The van der Waals surface area contributed by atoms with Crippen LogP contribution in [-0.4, -0.2) is 42.2 Å². The lowest BCUT2D eigenvalue weighted by molar-refractivity contribution is -0.151. The number of aliphatic carboxylic acids is 1. The van der Waals surface area contributed by atoms with Crippen LogP contribution >= 0.6 is 23.2 Å². The number of hydrogen-bond acceptors (Lipinski definition) is 3. The number of hydrogen-bond donors (Lipinski definition) is 2. The monoisotopic (exact) mass is 316 g/mol. The van der Waals surface area contributed by atoms with Crippen LogP contribution in [0.3, 0.4) is 0 Å². The third-order valence-corrected chi connectivity index (χ3v) is 4.41. The zero-order valence-corrected chi connectivity index (χ0v) is 12.8. The molecule has 20 heavy (non-hydrogen) atoms. The van der Waals surface area contributed by atoms with Crippen molar-refractivity contribution in [3.05, 3.63) is 33.8 Å². The standard InChI is InChI=1S/C14H18Cl2N2O2/c1-14(13(19)20,18-7-2-5-17-6-8-18)11-9-10(15)3-4-12(11)16/h3-4,9,17H,2,5-8H2,1H3,(H,19,20). The molecule has 1 heterocycles. The maximum absolute atomic E-state index is 11.9. The van der Waals surface area contributed by atoms with Gasteiger partial charge in [-0.25, -0.2) is 4.79 Å². The van der Waals surface area contributed by atoms with E-state index in [2.05, 4.69) is 5.32 Å². The maximum Gasteiger partial charge on any atom is 0.328 e. The lowest BCUT2D eigenvalue weighted by Gasteiger charge is -2.38. The molecule has 4 nitrogen and oxygen atoms in total. The Hall–Kier alpha value is -0.810. The normalized spacial score (nSPS) is 20.1. The average Bonchev–Trinajstić information content (AvgIpc) is 2.69. The molecule has 1 aliphatic heterocycles. The Balaban J connectivity index is 2.47. The lowest BCUT2D eigenvalue weighted by atomic mass is 9.89. The molecule has 1 saturated heterocycles. The van der Waals surface area contributed by atoms with Crippen LogP contribution in [0, 0.1) is 0 Å². The van der Waals surface area contributed by atoms with E-state index in [1.165, 1.54) is 0 Å². The number of carboxylic acids is 1. The first-order valence-corrected chi connectivity index (χ1v) is 7.36. The largest absolute Gasteiger partial charge is 0.480 e. The number of benzene rings is 1. The highest BCUT2D eigenvalue weighted by Crippen LogP contribution is 2.35. The van der Waals surface area contributed by atoms with Crippen molar-refractivity contribution in [3.8, 4) is 0 Å². The van der Waals surface area contributed by atoms with Gasteiger partial charge in [0.25, 0.3) is 0 Å². The van der Waals surface area contributed by atoms with Gasteiger partial charge in [-0.05, 0) is 38.1 Å². The summed E-state index contributed by atoms with van der Waals surface area (Å²) < 4.78 is 0. The summed E-state index contributed by atoms with van der Waals surface area (Å²) in [5.74, 6) is -0.913.